The average Bonchev–Trinajstić information content (AvgIpc) is 2.30. The summed E-state index contributed by atoms with van der Waals surface area (Å²) >= 11 is 0. The molecule has 1 unspecified atom stereocenters. The van der Waals surface area contributed by atoms with E-state index in [9.17, 15) is 5.11 Å². The van der Waals surface area contributed by atoms with Crippen LogP contribution in [0.5, 0.6) is 0 Å². The fraction of sp³-hybridized carbons (Fsp3) is 0.538. The molecule has 15 heavy (non-hydrogen) atoms. The van der Waals surface area contributed by atoms with Gasteiger partial charge in [0.05, 0.1) is 6.10 Å². The molecule has 0 amide bonds. The third kappa shape index (κ3) is 1.68. The maximum atomic E-state index is 9.68. The van der Waals surface area contributed by atoms with E-state index in [1.807, 2.05) is 0 Å². The van der Waals surface area contributed by atoms with Crippen LogP contribution in [0.1, 0.15) is 12.0 Å². The van der Waals surface area contributed by atoms with Gasteiger partial charge in [0.1, 0.15) is 0 Å². The molecule has 2 saturated heterocycles. The van der Waals surface area contributed by atoms with Crippen LogP contribution in [0.4, 0.5) is 0 Å². The van der Waals surface area contributed by atoms with Crippen molar-refractivity contribution in [1.29, 1.82) is 0 Å². The minimum absolute atomic E-state index is 0.00276. The highest BCUT2D eigenvalue weighted by Crippen LogP contribution is 2.40. The van der Waals surface area contributed by atoms with E-state index in [1.165, 1.54) is 12.0 Å². The molecule has 1 N–H and O–H groups in total. The first-order valence-corrected chi connectivity index (χ1v) is 5.77. The lowest BCUT2D eigenvalue weighted by molar-refractivity contribution is -0.109. The van der Waals surface area contributed by atoms with Crippen molar-refractivity contribution in [3.05, 3.63) is 35.9 Å². The van der Waals surface area contributed by atoms with Crippen LogP contribution in [0.25, 0.3) is 0 Å². The van der Waals surface area contributed by atoms with E-state index >= 15 is 0 Å². The number of aliphatic hydroxyl groups excluding tert-OH is 1. The Balaban J connectivity index is 1.62. The molecule has 1 aromatic rings. The van der Waals surface area contributed by atoms with Gasteiger partial charge in [0.15, 0.2) is 0 Å². The van der Waals surface area contributed by atoms with Crippen LogP contribution >= 0.6 is 0 Å². The molecule has 2 bridgehead atoms. The summed E-state index contributed by atoms with van der Waals surface area (Å²) in [5.74, 6) is 1.10. The molecule has 0 radical (unpaired) electrons. The Morgan fingerprint density at radius 2 is 1.80 bits per heavy atom. The lowest BCUT2D eigenvalue weighted by atomic mass is 9.68. The van der Waals surface area contributed by atoms with Gasteiger partial charge in [-0.2, -0.15) is 0 Å². The second-order valence-corrected chi connectivity index (χ2v) is 4.93. The zero-order valence-electron chi connectivity index (χ0n) is 8.84. The van der Waals surface area contributed by atoms with Gasteiger partial charge in [0.25, 0.3) is 0 Å². The Morgan fingerprint density at radius 3 is 2.40 bits per heavy atom. The molecule has 3 atom stereocenters. The number of rotatable bonds is 2. The molecule has 80 valence electrons. The Morgan fingerprint density at radius 1 is 1.13 bits per heavy atom. The second-order valence-electron chi connectivity index (χ2n) is 4.93. The van der Waals surface area contributed by atoms with Gasteiger partial charge in [-0.25, -0.2) is 0 Å². The smallest absolute Gasteiger partial charge is 0.0621 e. The number of hydrogen-bond donors (Lipinski definition) is 1. The standard InChI is InChI=1S/C13H17NO/c15-13-11-6-12(13)9-14(8-11)7-10-4-2-1-3-5-10/h1-5,11-13,15H,6-9H2/t11-,12+,13?. The van der Waals surface area contributed by atoms with Crippen LogP contribution < -0.4 is 0 Å². The van der Waals surface area contributed by atoms with Gasteiger partial charge < -0.3 is 5.11 Å². The number of aliphatic hydroxyl groups is 1. The highest BCUT2D eigenvalue weighted by Gasteiger charge is 2.45. The molecule has 3 fully saturated rings. The monoisotopic (exact) mass is 203 g/mol. The molecule has 3 aliphatic rings. The summed E-state index contributed by atoms with van der Waals surface area (Å²) in [6, 6.07) is 10.6. The quantitative estimate of drug-likeness (QED) is 0.787. The third-order valence-electron chi connectivity index (χ3n) is 3.81. The SMILES string of the molecule is OC1[C@@H]2C[C@H]1CN(Cc1ccccc1)C2. The fourth-order valence-electron chi connectivity index (χ4n) is 2.93. The number of fused-ring (bicyclic) bond motifs is 2. The molecule has 2 aliphatic heterocycles. The summed E-state index contributed by atoms with van der Waals surface area (Å²) in [5, 5.41) is 9.68. The molecule has 2 heteroatoms. The van der Waals surface area contributed by atoms with Crippen LogP contribution in [-0.4, -0.2) is 29.2 Å². The first-order chi connectivity index (χ1) is 7.33. The van der Waals surface area contributed by atoms with Gasteiger partial charge in [-0.3, -0.25) is 4.90 Å². The molecule has 2 nitrogen and oxygen atoms in total. The third-order valence-corrected chi connectivity index (χ3v) is 3.81. The van der Waals surface area contributed by atoms with Crippen LogP contribution in [0, 0.1) is 11.8 Å². The first kappa shape index (κ1) is 9.37. The Bertz CT molecular complexity index is 326. The fourth-order valence-corrected chi connectivity index (χ4v) is 2.93. The lowest BCUT2D eigenvalue weighted by Crippen LogP contribution is -2.57. The minimum Gasteiger partial charge on any atom is -0.392 e. The Hall–Kier alpha value is -0.860. The van der Waals surface area contributed by atoms with Crippen LogP contribution in [0.3, 0.4) is 0 Å². The zero-order valence-corrected chi connectivity index (χ0v) is 8.84. The number of piperidine rings is 2. The maximum Gasteiger partial charge on any atom is 0.0621 e. The summed E-state index contributed by atoms with van der Waals surface area (Å²) in [4.78, 5) is 2.47. The zero-order chi connectivity index (χ0) is 10.3. The van der Waals surface area contributed by atoms with Crippen molar-refractivity contribution in [2.24, 2.45) is 11.8 Å². The first-order valence-electron chi connectivity index (χ1n) is 5.77. The summed E-state index contributed by atoms with van der Waals surface area (Å²) < 4.78 is 0. The van der Waals surface area contributed by atoms with E-state index in [2.05, 4.69) is 35.2 Å². The minimum atomic E-state index is -0.00276. The molecule has 4 rings (SSSR count). The van der Waals surface area contributed by atoms with Crippen molar-refractivity contribution in [2.75, 3.05) is 13.1 Å². The van der Waals surface area contributed by atoms with E-state index in [4.69, 9.17) is 0 Å². The largest absolute Gasteiger partial charge is 0.392 e. The van der Waals surface area contributed by atoms with E-state index in [0.29, 0.717) is 11.8 Å². The number of benzene rings is 1. The highest BCUT2D eigenvalue weighted by atomic mass is 16.3. The molecule has 2 heterocycles. The number of nitrogens with zero attached hydrogens (tertiary/aromatic N) is 1. The molecular weight excluding hydrogens is 186 g/mol. The van der Waals surface area contributed by atoms with Crippen molar-refractivity contribution in [3.63, 3.8) is 0 Å². The lowest BCUT2D eigenvalue weighted by Gasteiger charge is -2.51. The van der Waals surface area contributed by atoms with Crippen molar-refractivity contribution >= 4 is 0 Å². The van der Waals surface area contributed by atoms with E-state index in [0.717, 1.165) is 19.6 Å². The predicted octanol–water partition coefficient (Wildman–Crippen LogP) is 1.50. The number of hydrogen-bond acceptors (Lipinski definition) is 2. The normalized spacial score (nSPS) is 34.9. The molecular formula is C13H17NO. The van der Waals surface area contributed by atoms with Gasteiger partial charge in [0, 0.05) is 19.6 Å². The van der Waals surface area contributed by atoms with Crippen LogP contribution in [0.2, 0.25) is 0 Å². The molecule has 0 spiro atoms. The topological polar surface area (TPSA) is 23.5 Å². The van der Waals surface area contributed by atoms with Gasteiger partial charge in [-0.1, -0.05) is 30.3 Å². The van der Waals surface area contributed by atoms with Gasteiger partial charge in [0.2, 0.25) is 0 Å². The van der Waals surface area contributed by atoms with E-state index in [1.54, 1.807) is 0 Å². The Labute approximate surface area is 90.5 Å². The van der Waals surface area contributed by atoms with Gasteiger partial charge in [-0.05, 0) is 23.8 Å². The molecule has 1 saturated carbocycles. The second kappa shape index (κ2) is 3.62. The van der Waals surface area contributed by atoms with Crippen molar-refractivity contribution < 1.29 is 5.11 Å². The summed E-state index contributed by atoms with van der Waals surface area (Å²) in [7, 11) is 0. The summed E-state index contributed by atoms with van der Waals surface area (Å²) in [6.45, 7) is 3.19. The van der Waals surface area contributed by atoms with Crippen LogP contribution in [-0.2, 0) is 6.54 Å². The van der Waals surface area contributed by atoms with E-state index in [-0.39, 0.29) is 6.10 Å². The van der Waals surface area contributed by atoms with E-state index < -0.39 is 0 Å². The van der Waals surface area contributed by atoms with Crippen LogP contribution in [0.15, 0.2) is 30.3 Å². The highest BCUT2D eigenvalue weighted by molar-refractivity contribution is 5.15. The molecule has 0 aromatic heterocycles. The van der Waals surface area contributed by atoms with Crippen molar-refractivity contribution in [1.82, 2.24) is 4.90 Å². The van der Waals surface area contributed by atoms with Crippen molar-refractivity contribution in [3.8, 4) is 0 Å². The predicted molar refractivity (Wildman–Crippen MR) is 59.3 cm³/mol. The average molecular weight is 203 g/mol. The summed E-state index contributed by atoms with van der Waals surface area (Å²) in [6.07, 6.45) is 1.24. The van der Waals surface area contributed by atoms with Gasteiger partial charge in [-0.15, -0.1) is 0 Å². The molecule has 1 aromatic carbocycles. The maximum absolute atomic E-state index is 9.68. The Kier molecular flexibility index (Phi) is 2.26. The van der Waals surface area contributed by atoms with Gasteiger partial charge >= 0.3 is 0 Å². The summed E-state index contributed by atoms with van der Waals surface area (Å²) in [5.41, 5.74) is 1.38. The van der Waals surface area contributed by atoms with Crippen molar-refractivity contribution in [2.45, 2.75) is 19.1 Å². The molecule has 1 aliphatic carbocycles.